The summed E-state index contributed by atoms with van der Waals surface area (Å²) in [5, 5.41) is 18.0. The molecule has 0 aliphatic heterocycles. The standard InChI is InChI=1S/2C54H32F2N4/c55-41-21-9-13-25-45(41)57(33-15-3-1-4-16-33)47-29-27-35-39-31-50-40(32-49(39)59-43-23-11-7-19-37(43)51(47)53(35)59)36-28-30-48(52-38-20-8-12-24-44(38)60(50)54(36)52)58(34-17-5-2-6-18-34)46-26-14-10-22-42(46)56;55-33-13-11-19-37(29-33)57(35-15-3-1-4-16-35)47-27-25-39-43-31-50-44(32-49(43)59-45-23-9-7-21-41(45)51(47)53(39)59)40-26-28-48(52-42-22-8-10-24-46(42)60(50)54(40)52)58(36-17-5-2-6-18-36)38-20-12-14-34(56)30-38/h2*1-32H. The van der Waals surface area contributed by atoms with Crippen LogP contribution in [0.5, 0.6) is 0 Å². The maximum absolute atomic E-state index is 15.9. The van der Waals surface area contributed by atoms with Gasteiger partial charge in [-0.3, -0.25) is 0 Å². The van der Waals surface area contributed by atoms with Crippen molar-refractivity contribution in [2.75, 3.05) is 19.6 Å². The predicted octanol–water partition coefficient (Wildman–Crippen LogP) is 30.4. The first-order chi connectivity index (χ1) is 59.3. The third-order valence-corrected chi connectivity index (χ3v) is 24.9. The second-order valence-corrected chi connectivity index (χ2v) is 31.2. The molecule has 0 atom stereocenters. The van der Waals surface area contributed by atoms with Gasteiger partial charge in [0.25, 0.3) is 0 Å². The van der Waals surface area contributed by atoms with Gasteiger partial charge in [-0.15, -0.1) is 0 Å². The quantitative estimate of drug-likeness (QED) is 0.114. The predicted molar refractivity (Wildman–Crippen MR) is 490 cm³/mol. The van der Waals surface area contributed by atoms with Gasteiger partial charge in [-0.25, -0.2) is 17.6 Å². The topological polar surface area (TPSA) is 30.6 Å². The normalized spacial score (nSPS) is 12.2. The van der Waals surface area contributed by atoms with Crippen LogP contribution in [0.4, 0.5) is 85.8 Å². The maximum Gasteiger partial charge on any atom is 0.147 e. The van der Waals surface area contributed by atoms with Gasteiger partial charge in [-0.2, -0.15) is 0 Å². The summed E-state index contributed by atoms with van der Waals surface area (Å²) in [4.78, 5) is 8.43. The molecule has 120 heavy (non-hydrogen) atoms. The number of hydrogen-bond acceptors (Lipinski definition) is 4. The molecule has 0 bridgehead atoms. The first-order valence-corrected chi connectivity index (χ1v) is 40.3. The first-order valence-electron chi connectivity index (χ1n) is 40.3. The van der Waals surface area contributed by atoms with Crippen molar-refractivity contribution in [3.63, 3.8) is 0 Å². The van der Waals surface area contributed by atoms with Crippen LogP contribution in [0.25, 0.3) is 152 Å². The van der Waals surface area contributed by atoms with Crippen molar-refractivity contribution in [2.45, 2.75) is 0 Å². The van der Waals surface area contributed by atoms with E-state index in [9.17, 15) is 8.78 Å². The lowest BCUT2D eigenvalue weighted by atomic mass is 10.0. The molecule has 0 amide bonds. The number of rotatable bonds is 12. The van der Waals surface area contributed by atoms with E-state index < -0.39 is 0 Å². The zero-order chi connectivity index (χ0) is 79.3. The summed E-state index contributed by atoms with van der Waals surface area (Å²) < 4.78 is 71.2. The molecule has 26 aromatic rings. The van der Waals surface area contributed by atoms with Crippen molar-refractivity contribution >= 4 is 221 Å². The average molecular weight is 1550 g/mol. The van der Waals surface area contributed by atoms with Crippen molar-refractivity contribution in [1.82, 2.24) is 17.6 Å². The zero-order valence-electron chi connectivity index (χ0n) is 64.0. The average Bonchev–Trinajstić information content (AvgIpc) is 1.52. The lowest BCUT2D eigenvalue weighted by Gasteiger charge is -2.26. The molecule has 12 heteroatoms. The number of hydrogen-bond donors (Lipinski definition) is 0. The smallest absolute Gasteiger partial charge is 0.147 e. The molecule has 18 aromatic carbocycles. The van der Waals surface area contributed by atoms with E-state index in [2.05, 4.69) is 222 Å². The molecule has 0 fully saturated rings. The van der Waals surface area contributed by atoms with Crippen LogP contribution in [0, 0.1) is 23.3 Å². The van der Waals surface area contributed by atoms with Gasteiger partial charge in [-0.1, -0.05) is 206 Å². The molecule has 8 heterocycles. The summed E-state index contributed by atoms with van der Waals surface area (Å²) in [6.07, 6.45) is 0. The Morgan fingerprint density at radius 1 is 0.158 bits per heavy atom. The fraction of sp³-hybridized carbons (Fsp3) is 0. The molecule has 0 saturated carbocycles. The molecule has 0 saturated heterocycles. The second-order valence-electron chi connectivity index (χ2n) is 31.2. The Hall–Kier alpha value is -15.9. The highest BCUT2D eigenvalue weighted by Gasteiger charge is 2.33. The Labute approximate surface area is 682 Å². The van der Waals surface area contributed by atoms with Crippen LogP contribution in [-0.4, -0.2) is 17.6 Å². The Kier molecular flexibility index (Phi) is 14.5. The largest absolute Gasteiger partial charge is 0.310 e. The molecule has 0 unspecified atom stereocenters. The van der Waals surface area contributed by atoms with E-state index in [0.29, 0.717) is 11.4 Å². The van der Waals surface area contributed by atoms with Gasteiger partial charge in [0.15, 0.2) is 0 Å². The minimum atomic E-state index is -0.287. The minimum absolute atomic E-state index is 0.282. The fourth-order valence-corrected chi connectivity index (χ4v) is 20.2. The maximum atomic E-state index is 15.9. The van der Waals surface area contributed by atoms with E-state index in [-0.39, 0.29) is 23.3 Å². The number of nitrogens with zero attached hydrogens (tertiary/aromatic N) is 8. The molecule has 8 aromatic heterocycles. The fourth-order valence-electron chi connectivity index (χ4n) is 20.2. The summed E-state index contributed by atoms with van der Waals surface area (Å²) in [5.41, 5.74) is 23.3. The highest BCUT2D eigenvalue weighted by molar-refractivity contribution is 6.35. The number of fused-ring (bicyclic) bond motifs is 24. The number of para-hydroxylation sites is 10. The van der Waals surface area contributed by atoms with Crippen LogP contribution in [0.3, 0.4) is 0 Å². The van der Waals surface area contributed by atoms with Crippen LogP contribution >= 0.6 is 0 Å². The van der Waals surface area contributed by atoms with Crippen LogP contribution in [0.15, 0.2) is 388 Å². The molecule has 0 spiro atoms. The highest BCUT2D eigenvalue weighted by atomic mass is 19.1. The van der Waals surface area contributed by atoms with Crippen LogP contribution < -0.4 is 19.6 Å². The third-order valence-electron chi connectivity index (χ3n) is 24.9. The first kappa shape index (κ1) is 67.4. The van der Waals surface area contributed by atoms with Crippen molar-refractivity contribution in [1.29, 1.82) is 0 Å². The summed E-state index contributed by atoms with van der Waals surface area (Å²) in [6.45, 7) is 0. The number of anilines is 12. The lowest BCUT2D eigenvalue weighted by molar-refractivity contribution is 0.627. The number of aromatic nitrogens is 4. The van der Waals surface area contributed by atoms with Gasteiger partial charge >= 0.3 is 0 Å². The molecule has 0 radical (unpaired) electrons. The van der Waals surface area contributed by atoms with Crippen LogP contribution in [-0.2, 0) is 0 Å². The molecule has 26 rings (SSSR count). The molecular formula is C108H64F4N8. The second kappa shape index (κ2) is 25.8. The van der Waals surface area contributed by atoms with Crippen molar-refractivity contribution in [3.05, 3.63) is 412 Å². The molecule has 0 N–H and O–H groups in total. The lowest BCUT2D eigenvalue weighted by Crippen LogP contribution is -2.11. The van der Waals surface area contributed by atoms with Gasteiger partial charge in [0, 0.05) is 120 Å². The molecule has 8 nitrogen and oxygen atoms in total. The summed E-state index contributed by atoms with van der Waals surface area (Å²) >= 11 is 0. The molecule has 0 aliphatic rings. The van der Waals surface area contributed by atoms with Gasteiger partial charge in [0.1, 0.15) is 23.3 Å². The van der Waals surface area contributed by atoms with Gasteiger partial charge in [-0.05, 0) is 182 Å². The Morgan fingerprint density at radius 3 is 0.683 bits per heavy atom. The van der Waals surface area contributed by atoms with E-state index >= 15 is 8.78 Å². The summed E-state index contributed by atoms with van der Waals surface area (Å²) in [5.74, 6) is -1.14. The third kappa shape index (κ3) is 9.57. The van der Waals surface area contributed by atoms with E-state index in [1.165, 1.54) is 24.3 Å². The monoisotopic (exact) mass is 1550 g/mol. The molecular weight excluding hydrogens is 1490 g/mol. The van der Waals surface area contributed by atoms with E-state index in [0.717, 1.165) is 209 Å². The van der Waals surface area contributed by atoms with Crippen molar-refractivity contribution < 1.29 is 17.6 Å². The van der Waals surface area contributed by atoms with Crippen LogP contribution in [0.2, 0.25) is 0 Å². The van der Waals surface area contributed by atoms with Crippen molar-refractivity contribution in [3.8, 4) is 0 Å². The van der Waals surface area contributed by atoms with Gasteiger partial charge in [0.2, 0.25) is 0 Å². The molecule has 0 aliphatic carbocycles. The van der Waals surface area contributed by atoms with Crippen molar-refractivity contribution in [2.24, 2.45) is 0 Å². The summed E-state index contributed by atoms with van der Waals surface area (Å²) in [7, 11) is 0. The van der Waals surface area contributed by atoms with E-state index in [1.807, 2.05) is 143 Å². The van der Waals surface area contributed by atoms with E-state index in [4.69, 9.17) is 0 Å². The van der Waals surface area contributed by atoms with Gasteiger partial charge < -0.3 is 37.2 Å². The van der Waals surface area contributed by atoms with Gasteiger partial charge in [0.05, 0.1) is 100 Å². The number of halogens is 4. The Bertz CT molecular complexity index is 8130. The number of benzene rings is 18. The Morgan fingerprint density at radius 2 is 0.400 bits per heavy atom. The molecule has 564 valence electrons. The summed E-state index contributed by atoms with van der Waals surface area (Å²) in [6, 6.07) is 129. The van der Waals surface area contributed by atoms with E-state index in [1.54, 1.807) is 36.4 Å². The minimum Gasteiger partial charge on any atom is -0.310 e. The highest BCUT2D eigenvalue weighted by Crippen LogP contribution is 2.55. The zero-order valence-corrected chi connectivity index (χ0v) is 64.0. The SMILES string of the molecule is Fc1cccc(N(c2ccccc2)c2ccc3c4cc5c(cc4n4c6ccccc6c2c34)c2ccc(N(c3ccccc3)c3cccc(F)c3)c3c4ccccc4n5c23)c1.Fc1ccccc1N(c1ccccc1)c1ccc2c3cc4c(cc3n3c5ccccc5c1c23)c1ccc(N(c2ccccc2)c2ccccc2F)c2c3ccccc3n4c12. The Balaban J connectivity index is 0.000000133. The van der Waals surface area contributed by atoms with Crippen LogP contribution in [0.1, 0.15) is 0 Å².